The Morgan fingerprint density at radius 2 is 2.04 bits per heavy atom. The van der Waals surface area contributed by atoms with E-state index >= 15 is 0 Å². The summed E-state index contributed by atoms with van der Waals surface area (Å²) >= 11 is 0. The van der Waals surface area contributed by atoms with Crippen molar-refractivity contribution in [3.05, 3.63) is 41.2 Å². The summed E-state index contributed by atoms with van der Waals surface area (Å²) in [6.07, 6.45) is 4.55. The molecule has 1 saturated heterocycles. The molecule has 0 radical (unpaired) electrons. The van der Waals surface area contributed by atoms with E-state index in [0.717, 1.165) is 30.4 Å². The average Bonchev–Trinajstić information content (AvgIpc) is 2.71. The predicted octanol–water partition coefficient (Wildman–Crippen LogP) is 4.69. The minimum Gasteiger partial charge on any atom is -0.444 e. The van der Waals surface area contributed by atoms with Gasteiger partial charge >= 0.3 is 6.09 Å². The highest BCUT2D eigenvalue weighted by Gasteiger charge is 2.41. The molecule has 3 nitrogen and oxygen atoms in total. The first-order chi connectivity index (χ1) is 10.7. The summed E-state index contributed by atoms with van der Waals surface area (Å²) in [6, 6.07) is 5.59. The van der Waals surface area contributed by atoms with Crippen molar-refractivity contribution < 1.29 is 13.9 Å². The van der Waals surface area contributed by atoms with Gasteiger partial charge in [0.2, 0.25) is 0 Å². The van der Waals surface area contributed by atoms with Crippen molar-refractivity contribution in [3.8, 4) is 0 Å². The Morgan fingerprint density at radius 3 is 2.65 bits per heavy atom. The Kier molecular flexibility index (Phi) is 3.95. The second kappa shape index (κ2) is 5.66. The molecule has 3 rings (SSSR count). The molecule has 1 aromatic carbocycles. The maximum Gasteiger partial charge on any atom is 0.411 e. The summed E-state index contributed by atoms with van der Waals surface area (Å²) in [5.74, 6) is -0.176. The molecule has 0 spiro atoms. The van der Waals surface area contributed by atoms with Gasteiger partial charge in [0.25, 0.3) is 0 Å². The highest BCUT2D eigenvalue weighted by molar-refractivity contribution is 5.75. The number of aryl methyl sites for hydroxylation is 1. The maximum absolute atomic E-state index is 13.8. The zero-order valence-corrected chi connectivity index (χ0v) is 14.2. The van der Waals surface area contributed by atoms with Gasteiger partial charge < -0.3 is 4.74 Å². The molecule has 2 aliphatic heterocycles. The predicted molar refractivity (Wildman–Crippen MR) is 88.6 cm³/mol. The van der Waals surface area contributed by atoms with Gasteiger partial charge in [0.1, 0.15) is 11.4 Å². The number of rotatable bonds is 1. The van der Waals surface area contributed by atoms with Crippen molar-refractivity contribution in [2.24, 2.45) is 0 Å². The first-order valence-corrected chi connectivity index (χ1v) is 8.23. The third kappa shape index (κ3) is 3.26. The summed E-state index contributed by atoms with van der Waals surface area (Å²) < 4.78 is 19.4. The molecule has 2 aliphatic rings. The Bertz CT molecular complexity index is 660. The molecule has 1 fully saturated rings. The lowest BCUT2D eigenvalue weighted by molar-refractivity contribution is 0.0175. The number of carbonyl (C=O) groups excluding carboxylic acids is 1. The quantitative estimate of drug-likeness (QED) is 0.752. The van der Waals surface area contributed by atoms with Crippen LogP contribution in [0.1, 0.15) is 51.2 Å². The number of hydrogen-bond donors (Lipinski definition) is 0. The Labute approximate surface area is 137 Å². The number of ether oxygens (including phenoxy) is 1. The van der Waals surface area contributed by atoms with Crippen LogP contribution < -0.4 is 0 Å². The van der Waals surface area contributed by atoms with E-state index in [1.807, 2.05) is 37.8 Å². The number of nitrogens with zero attached hydrogens (tertiary/aromatic N) is 1. The van der Waals surface area contributed by atoms with E-state index in [2.05, 4.69) is 6.08 Å². The van der Waals surface area contributed by atoms with Gasteiger partial charge in [0.15, 0.2) is 0 Å². The smallest absolute Gasteiger partial charge is 0.411 e. The highest BCUT2D eigenvalue weighted by atomic mass is 19.1. The van der Waals surface area contributed by atoms with Crippen LogP contribution in [-0.4, -0.2) is 28.7 Å². The monoisotopic (exact) mass is 317 g/mol. The second-order valence-electron chi connectivity index (χ2n) is 7.55. The molecule has 0 aliphatic carbocycles. The van der Waals surface area contributed by atoms with Crippen molar-refractivity contribution in [3.63, 3.8) is 0 Å². The molecule has 124 valence electrons. The number of fused-ring (bicyclic) bond motifs is 2. The third-order valence-corrected chi connectivity index (χ3v) is 4.54. The molecule has 0 aromatic heterocycles. The topological polar surface area (TPSA) is 29.5 Å². The molecule has 2 heterocycles. The van der Waals surface area contributed by atoms with Crippen LogP contribution in [0.15, 0.2) is 24.3 Å². The van der Waals surface area contributed by atoms with Crippen LogP contribution in [0.2, 0.25) is 0 Å². The molecule has 2 bridgehead atoms. The fourth-order valence-corrected chi connectivity index (χ4v) is 3.44. The normalized spacial score (nSPS) is 23.7. The fourth-order valence-electron chi connectivity index (χ4n) is 3.44. The lowest BCUT2D eigenvalue weighted by Gasteiger charge is -2.35. The van der Waals surface area contributed by atoms with E-state index in [1.165, 1.54) is 0 Å². The van der Waals surface area contributed by atoms with Gasteiger partial charge in [0, 0.05) is 6.04 Å². The zero-order valence-electron chi connectivity index (χ0n) is 14.2. The minimum atomic E-state index is -0.486. The van der Waals surface area contributed by atoms with Gasteiger partial charge in [-0.2, -0.15) is 0 Å². The highest BCUT2D eigenvalue weighted by Crippen LogP contribution is 2.39. The van der Waals surface area contributed by atoms with E-state index < -0.39 is 5.60 Å². The van der Waals surface area contributed by atoms with Crippen LogP contribution >= 0.6 is 0 Å². The average molecular weight is 317 g/mol. The number of carbonyl (C=O) groups is 1. The van der Waals surface area contributed by atoms with E-state index in [1.54, 1.807) is 13.0 Å². The van der Waals surface area contributed by atoms with Crippen molar-refractivity contribution in [1.29, 1.82) is 0 Å². The van der Waals surface area contributed by atoms with Gasteiger partial charge in [-0.3, -0.25) is 4.90 Å². The van der Waals surface area contributed by atoms with E-state index in [0.29, 0.717) is 5.56 Å². The standard InChI is InChI=1S/C19H24FNO2/c1-12-5-6-13(11-17(12)20)14-9-15-7-8-16(10-14)21(15)18(22)23-19(2,3)4/h5-6,9,11,15-16H,7-8,10H2,1-4H3. The van der Waals surface area contributed by atoms with Crippen LogP contribution in [-0.2, 0) is 4.74 Å². The van der Waals surface area contributed by atoms with Crippen molar-refractivity contribution in [1.82, 2.24) is 4.90 Å². The molecule has 0 saturated carbocycles. The second-order valence-corrected chi connectivity index (χ2v) is 7.55. The number of hydrogen-bond acceptors (Lipinski definition) is 2. The molecule has 1 aromatic rings. The van der Waals surface area contributed by atoms with E-state index in [4.69, 9.17) is 4.74 Å². The molecule has 0 N–H and O–H groups in total. The first kappa shape index (κ1) is 16.0. The Hall–Kier alpha value is -1.84. The summed E-state index contributed by atoms with van der Waals surface area (Å²) in [5, 5.41) is 0. The number of amides is 1. The molecule has 4 heteroatoms. The summed E-state index contributed by atoms with van der Waals surface area (Å²) in [5.41, 5.74) is 2.23. The third-order valence-electron chi connectivity index (χ3n) is 4.54. The van der Waals surface area contributed by atoms with Gasteiger partial charge in [0.05, 0.1) is 6.04 Å². The minimum absolute atomic E-state index is 0.0583. The number of benzene rings is 1. The molecule has 23 heavy (non-hydrogen) atoms. The molecular weight excluding hydrogens is 293 g/mol. The molecule has 2 atom stereocenters. The lowest BCUT2D eigenvalue weighted by atomic mass is 9.94. The first-order valence-electron chi connectivity index (χ1n) is 8.23. The molecular formula is C19H24FNO2. The van der Waals surface area contributed by atoms with Crippen LogP contribution in [0.4, 0.5) is 9.18 Å². The lowest BCUT2D eigenvalue weighted by Crippen LogP contribution is -2.45. The molecule has 2 unspecified atom stereocenters. The van der Waals surface area contributed by atoms with Gasteiger partial charge in [-0.05, 0) is 69.7 Å². The summed E-state index contributed by atoms with van der Waals surface area (Å²) in [7, 11) is 0. The summed E-state index contributed by atoms with van der Waals surface area (Å²) in [4.78, 5) is 14.3. The van der Waals surface area contributed by atoms with Crippen LogP contribution in [0.3, 0.4) is 0 Å². The maximum atomic E-state index is 13.8. The SMILES string of the molecule is Cc1ccc(C2=CC3CCC(C2)N3C(=O)OC(C)(C)C)cc1F. The van der Waals surface area contributed by atoms with Gasteiger partial charge in [-0.15, -0.1) is 0 Å². The summed E-state index contributed by atoms with van der Waals surface area (Å²) in [6.45, 7) is 7.41. The Morgan fingerprint density at radius 1 is 1.30 bits per heavy atom. The van der Waals surface area contributed by atoms with Crippen molar-refractivity contribution >= 4 is 11.7 Å². The van der Waals surface area contributed by atoms with Crippen LogP contribution in [0.25, 0.3) is 5.57 Å². The largest absolute Gasteiger partial charge is 0.444 e. The van der Waals surface area contributed by atoms with E-state index in [9.17, 15) is 9.18 Å². The Balaban J connectivity index is 1.83. The number of halogens is 1. The van der Waals surface area contributed by atoms with E-state index in [-0.39, 0.29) is 24.0 Å². The molecule has 1 amide bonds. The zero-order chi connectivity index (χ0) is 16.8. The van der Waals surface area contributed by atoms with Crippen molar-refractivity contribution in [2.75, 3.05) is 0 Å². The van der Waals surface area contributed by atoms with Gasteiger partial charge in [-0.25, -0.2) is 9.18 Å². The van der Waals surface area contributed by atoms with Gasteiger partial charge in [-0.1, -0.05) is 18.2 Å². The van der Waals surface area contributed by atoms with Crippen LogP contribution in [0.5, 0.6) is 0 Å². The van der Waals surface area contributed by atoms with Crippen LogP contribution in [0, 0.1) is 12.7 Å². The fraction of sp³-hybridized carbons (Fsp3) is 0.526. The van der Waals surface area contributed by atoms with Crippen molar-refractivity contribution in [2.45, 2.75) is 64.6 Å².